The average Bonchev–Trinajstić information content (AvgIpc) is 3.07. The summed E-state index contributed by atoms with van der Waals surface area (Å²) in [4.78, 5) is 29.2. The number of carbonyl (C=O) groups is 1. The van der Waals surface area contributed by atoms with Crippen LogP contribution < -0.4 is 4.90 Å². The van der Waals surface area contributed by atoms with E-state index in [-0.39, 0.29) is 11.6 Å². The van der Waals surface area contributed by atoms with Crippen LogP contribution in [0, 0.1) is 5.92 Å². The van der Waals surface area contributed by atoms with Crippen molar-refractivity contribution >= 4 is 23.1 Å². The second kappa shape index (κ2) is 6.34. The molecule has 26 heavy (non-hydrogen) atoms. The number of anilines is 1. The molecule has 138 valence electrons. The van der Waals surface area contributed by atoms with Crippen LogP contribution >= 0.6 is 0 Å². The van der Waals surface area contributed by atoms with Crippen molar-refractivity contribution in [1.82, 2.24) is 19.9 Å². The summed E-state index contributed by atoms with van der Waals surface area (Å²) in [5.41, 5.74) is 1.07. The van der Waals surface area contributed by atoms with Gasteiger partial charge in [-0.1, -0.05) is 12.8 Å². The molecule has 1 unspecified atom stereocenters. The van der Waals surface area contributed by atoms with Gasteiger partial charge in [-0.05, 0) is 44.1 Å². The fraction of sp³-hybridized carbons (Fsp3) is 0.650. The third-order valence-corrected chi connectivity index (χ3v) is 6.76. The van der Waals surface area contributed by atoms with Crippen LogP contribution in [0.1, 0.15) is 44.9 Å². The van der Waals surface area contributed by atoms with Crippen molar-refractivity contribution in [3.8, 4) is 0 Å². The molecule has 0 radical (unpaired) electrons. The van der Waals surface area contributed by atoms with Gasteiger partial charge in [-0.3, -0.25) is 4.90 Å². The Hall–Kier alpha value is -1.95. The van der Waals surface area contributed by atoms with Gasteiger partial charge in [0, 0.05) is 31.4 Å². The number of carbonyl (C=O) groups excluding carboxylic acids is 1. The molecule has 3 heterocycles. The number of H-pyrrole nitrogens is 1. The largest absolute Gasteiger partial charge is 0.354 e. The molecule has 0 amide bonds. The lowest BCUT2D eigenvalue weighted by atomic mass is 9.95. The lowest BCUT2D eigenvalue weighted by Crippen LogP contribution is -2.51. The third-order valence-electron chi connectivity index (χ3n) is 6.76. The van der Waals surface area contributed by atoms with Crippen molar-refractivity contribution in [1.29, 1.82) is 0 Å². The van der Waals surface area contributed by atoms with Crippen LogP contribution in [0.5, 0.6) is 0 Å². The molecule has 1 aliphatic heterocycles. The van der Waals surface area contributed by atoms with Crippen LogP contribution in [-0.4, -0.2) is 57.4 Å². The number of nitrogens with one attached hydrogen (secondary N) is 1. The predicted octanol–water partition coefficient (Wildman–Crippen LogP) is 2.76. The van der Waals surface area contributed by atoms with Crippen LogP contribution in [0.2, 0.25) is 0 Å². The fourth-order valence-electron chi connectivity index (χ4n) is 5.28. The Morgan fingerprint density at radius 3 is 2.81 bits per heavy atom. The van der Waals surface area contributed by atoms with E-state index in [2.05, 4.69) is 30.8 Å². The summed E-state index contributed by atoms with van der Waals surface area (Å²) < 4.78 is 0. The molecule has 6 heteroatoms. The number of rotatable bonds is 4. The molecule has 2 aromatic rings. The number of aromatic amines is 1. The smallest absolute Gasteiger partial charge is 0.142 e. The first-order valence-corrected chi connectivity index (χ1v) is 10.1. The molecule has 2 aliphatic carbocycles. The topological polar surface area (TPSA) is 65.1 Å². The van der Waals surface area contributed by atoms with Gasteiger partial charge in [0.05, 0.1) is 11.4 Å². The van der Waals surface area contributed by atoms with Gasteiger partial charge in [0.25, 0.3) is 0 Å². The highest BCUT2D eigenvalue weighted by Crippen LogP contribution is 2.47. The van der Waals surface area contributed by atoms with Crippen molar-refractivity contribution in [2.75, 3.05) is 24.5 Å². The summed E-state index contributed by atoms with van der Waals surface area (Å²) in [6.07, 6.45) is 13.3. The Morgan fingerprint density at radius 2 is 2.04 bits per heavy atom. The summed E-state index contributed by atoms with van der Waals surface area (Å²) in [6.45, 7) is 2.99. The monoisotopic (exact) mass is 353 g/mol. The zero-order valence-corrected chi connectivity index (χ0v) is 15.2. The molecule has 1 saturated heterocycles. The van der Waals surface area contributed by atoms with E-state index in [1.54, 1.807) is 6.33 Å². The molecule has 0 bridgehead atoms. The maximum atomic E-state index is 12.0. The van der Waals surface area contributed by atoms with Gasteiger partial charge in [0.2, 0.25) is 0 Å². The standard InChI is InChI=1S/C20H27N5O/c26-12-17(15-4-1-2-5-15)25-11-3-10-24(13-20(25)7-8-20)19-16-6-9-21-18(16)22-14-23-19/h6,9,12,14-15,17H,1-5,7-8,10-11,13H2,(H,21,22,23). The Balaban J connectivity index is 1.44. The molecule has 0 aromatic carbocycles. The van der Waals surface area contributed by atoms with Gasteiger partial charge in [0.15, 0.2) is 0 Å². The van der Waals surface area contributed by atoms with Crippen LogP contribution in [0.25, 0.3) is 11.0 Å². The first-order valence-electron chi connectivity index (χ1n) is 10.1. The Morgan fingerprint density at radius 1 is 1.19 bits per heavy atom. The zero-order chi connectivity index (χ0) is 17.6. The van der Waals surface area contributed by atoms with Crippen molar-refractivity contribution in [2.45, 2.75) is 56.5 Å². The van der Waals surface area contributed by atoms with Crippen LogP contribution in [-0.2, 0) is 4.79 Å². The van der Waals surface area contributed by atoms with Crippen LogP contribution in [0.4, 0.5) is 5.82 Å². The molecular weight excluding hydrogens is 326 g/mol. The molecule has 2 aromatic heterocycles. The van der Waals surface area contributed by atoms with E-state index in [9.17, 15) is 4.79 Å². The minimum atomic E-state index is 0.109. The number of fused-ring (bicyclic) bond motifs is 1. The summed E-state index contributed by atoms with van der Waals surface area (Å²) in [5, 5.41) is 1.10. The first kappa shape index (κ1) is 16.2. The molecule has 1 atom stereocenters. The summed E-state index contributed by atoms with van der Waals surface area (Å²) >= 11 is 0. The summed E-state index contributed by atoms with van der Waals surface area (Å²) in [7, 11) is 0. The minimum Gasteiger partial charge on any atom is -0.354 e. The van der Waals surface area contributed by atoms with Gasteiger partial charge in [0.1, 0.15) is 24.1 Å². The van der Waals surface area contributed by atoms with Gasteiger partial charge in [-0.15, -0.1) is 0 Å². The maximum Gasteiger partial charge on any atom is 0.142 e. The second-order valence-corrected chi connectivity index (χ2v) is 8.30. The van der Waals surface area contributed by atoms with E-state index in [0.29, 0.717) is 5.92 Å². The minimum absolute atomic E-state index is 0.109. The number of hydrogen-bond acceptors (Lipinski definition) is 5. The van der Waals surface area contributed by atoms with Crippen molar-refractivity contribution < 1.29 is 4.79 Å². The quantitative estimate of drug-likeness (QED) is 0.856. The number of aldehydes is 1. The van der Waals surface area contributed by atoms with E-state index >= 15 is 0 Å². The molecule has 3 fully saturated rings. The van der Waals surface area contributed by atoms with Crippen molar-refractivity contribution in [3.63, 3.8) is 0 Å². The Kier molecular flexibility index (Phi) is 3.96. The normalized spacial score (nSPS) is 24.8. The van der Waals surface area contributed by atoms with E-state index in [1.807, 2.05) is 6.20 Å². The molecule has 1 spiro atoms. The summed E-state index contributed by atoms with van der Waals surface area (Å²) in [5.74, 6) is 1.60. The van der Waals surface area contributed by atoms with Crippen LogP contribution in [0.15, 0.2) is 18.6 Å². The van der Waals surface area contributed by atoms with Crippen molar-refractivity contribution in [3.05, 3.63) is 18.6 Å². The highest BCUT2D eigenvalue weighted by atomic mass is 16.1. The average molecular weight is 353 g/mol. The Labute approximate surface area is 154 Å². The number of nitrogens with zero attached hydrogens (tertiary/aromatic N) is 4. The lowest BCUT2D eigenvalue weighted by molar-refractivity contribution is -0.115. The first-order chi connectivity index (χ1) is 12.8. The van der Waals surface area contributed by atoms with Crippen LogP contribution in [0.3, 0.4) is 0 Å². The molecule has 3 aliphatic rings. The number of hydrogen-bond donors (Lipinski definition) is 1. The highest BCUT2D eigenvalue weighted by Gasteiger charge is 2.53. The van der Waals surface area contributed by atoms with Crippen molar-refractivity contribution in [2.24, 2.45) is 5.92 Å². The van der Waals surface area contributed by atoms with E-state index < -0.39 is 0 Å². The second-order valence-electron chi connectivity index (χ2n) is 8.30. The van der Waals surface area contributed by atoms with E-state index in [1.165, 1.54) is 44.8 Å². The Bertz CT molecular complexity index is 792. The van der Waals surface area contributed by atoms with Gasteiger partial charge < -0.3 is 14.7 Å². The highest BCUT2D eigenvalue weighted by molar-refractivity contribution is 5.87. The molecule has 1 N–H and O–H groups in total. The van der Waals surface area contributed by atoms with E-state index in [4.69, 9.17) is 0 Å². The van der Waals surface area contributed by atoms with Gasteiger partial charge in [-0.2, -0.15) is 0 Å². The van der Waals surface area contributed by atoms with E-state index in [0.717, 1.165) is 42.9 Å². The summed E-state index contributed by atoms with van der Waals surface area (Å²) in [6, 6.07) is 2.18. The van der Waals surface area contributed by atoms with Gasteiger partial charge >= 0.3 is 0 Å². The molecule has 2 saturated carbocycles. The lowest BCUT2D eigenvalue weighted by Gasteiger charge is -2.38. The van der Waals surface area contributed by atoms with Gasteiger partial charge in [-0.25, -0.2) is 9.97 Å². The molecular formula is C20H27N5O. The SMILES string of the molecule is O=CC(C1CCCC1)N1CCCN(c2ncnc3[nH]ccc23)CC12CC2. The molecule has 6 nitrogen and oxygen atoms in total. The maximum absolute atomic E-state index is 12.0. The third kappa shape index (κ3) is 2.62. The predicted molar refractivity (Wildman–Crippen MR) is 101 cm³/mol. The number of aromatic nitrogens is 3. The molecule has 5 rings (SSSR count). The zero-order valence-electron chi connectivity index (χ0n) is 15.2. The fourth-order valence-corrected chi connectivity index (χ4v) is 5.28.